The van der Waals surface area contributed by atoms with E-state index in [0.717, 1.165) is 19.6 Å². The summed E-state index contributed by atoms with van der Waals surface area (Å²) in [5.74, 6) is 0.662. The first kappa shape index (κ1) is 17.1. The van der Waals surface area contributed by atoms with Crippen LogP contribution in [-0.2, 0) is 0 Å². The van der Waals surface area contributed by atoms with Crippen molar-refractivity contribution in [2.24, 2.45) is 5.92 Å². The Hall–Kier alpha value is -1.29. The zero-order valence-corrected chi connectivity index (χ0v) is 14.4. The quantitative estimate of drug-likeness (QED) is 0.539. The Morgan fingerprint density at radius 1 is 1.23 bits per heavy atom. The molecule has 1 atom stereocenters. The normalized spacial score (nSPS) is 12.7. The Balaban J connectivity index is 2.10. The highest BCUT2D eigenvalue weighted by Crippen LogP contribution is 2.30. The summed E-state index contributed by atoms with van der Waals surface area (Å²) in [5.41, 5.74) is 0. The fraction of sp³-hybridized carbons (Fsp3) is 0.368. The van der Waals surface area contributed by atoms with Gasteiger partial charge in [-0.2, -0.15) is 0 Å². The SMILES string of the molecule is C=CCN(CC(C)CCNC)Sc1cccc2ccccc12. The molecule has 0 heterocycles. The highest BCUT2D eigenvalue weighted by molar-refractivity contribution is 7.97. The van der Waals surface area contributed by atoms with E-state index < -0.39 is 0 Å². The lowest BCUT2D eigenvalue weighted by molar-refractivity contribution is 0.393. The summed E-state index contributed by atoms with van der Waals surface area (Å²) in [5, 5.41) is 5.86. The van der Waals surface area contributed by atoms with Gasteiger partial charge >= 0.3 is 0 Å². The lowest BCUT2D eigenvalue weighted by atomic mass is 10.1. The largest absolute Gasteiger partial charge is 0.320 e. The molecule has 1 N–H and O–H groups in total. The number of benzene rings is 2. The van der Waals surface area contributed by atoms with Gasteiger partial charge in [-0.25, -0.2) is 4.31 Å². The molecule has 2 aromatic carbocycles. The van der Waals surface area contributed by atoms with Crippen LogP contribution < -0.4 is 5.32 Å². The molecule has 1 unspecified atom stereocenters. The van der Waals surface area contributed by atoms with Crippen molar-refractivity contribution in [3.63, 3.8) is 0 Å². The molecule has 0 fully saturated rings. The van der Waals surface area contributed by atoms with E-state index >= 15 is 0 Å². The maximum absolute atomic E-state index is 3.91. The minimum absolute atomic E-state index is 0.662. The minimum Gasteiger partial charge on any atom is -0.320 e. The van der Waals surface area contributed by atoms with Crippen LogP contribution in [-0.4, -0.2) is 31.0 Å². The van der Waals surface area contributed by atoms with E-state index in [9.17, 15) is 0 Å². The van der Waals surface area contributed by atoms with E-state index in [0.29, 0.717) is 5.92 Å². The van der Waals surface area contributed by atoms with E-state index in [2.05, 4.69) is 65.6 Å². The second-order valence-corrected chi connectivity index (χ2v) is 6.84. The molecular weight excluding hydrogens is 288 g/mol. The molecule has 0 aliphatic rings. The molecule has 0 aliphatic heterocycles. The number of hydrogen-bond donors (Lipinski definition) is 1. The Kier molecular flexibility index (Phi) is 6.97. The minimum atomic E-state index is 0.662. The lowest BCUT2D eigenvalue weighted by Gasteiger charge is -2.24. The lowest BCUT2D eigenvalue weighted by Crippen LogP contribution is -2.24. The van der Waals surface area contributed by atoms with Crippen LogP contribution in [0.3, 0.4) is 0 Å². The summed E-state index contributed by atoms with van der Waals surface area (Å²) >= 11 is 1.85. The third kappa shape index (κ3) is 4.87. The van der Waals surface area contributed by atoms with E-state index in [1.807, 2.05) is 25.1 Å². The van der Waals surface area contributed by atoms with Crippen LogP contribution in [0.25, 0.3) is 10.8 Å². The van der Waals surface area contributed by atoms with Crippen LogP contribution in [0.5, 0.6) is 0 Å². The Morgan fingerprint density at radius 2 is 2.00 bits per heavy atom. The fourth-order valence-electron chi connectivity index (χ4n) is 2.54. The molecule has 0 radical (unpaired) electrons. The van der Waals surface area contributed by atoms with Crippen molar-refractivity contribution in [3.05, 3.63) is 55.1 Å². The van der Waals surface area contributed by atoms with E-state index in [4.69, 9.17) is 0 Å². The van der Waals surface area contributed by atoms with Crippen molar-refractivity contribution in [2.45, 2.75) is 18.2 Å². The summed E-state index contributed by atoms with van der Waals surface area (Å²) in [6.45, 7) is 9.27. The van der Waals surface area contributed by atoms with Gasteiger partial charge in [-0.15, -0.1) is 6.58 Å². The van der Waals surface area contributed by atoms with Gasteiger partial charge < -0.3 is 5.32 Å². The standard InChI is InChI=1S/C19H26N2S/c1-4-14-21(15-16(2)12-13-20-3)22-19-11-7-9-17-8-5-6-10-18(17)19/h4-11,16,20H,1,12-15H2,2-3H3. The summed E-state index contributed by atoms with van der Waals surface area (Å²) in [7, 11) is 2.01. The van der Waals surface area contributed by atoms with E-state index in [1.165, 1.54) is 22.1 Å². The van der Waals surface area contributed by atoms with Crippen molar-refractivity contribution < 1.29 is 0 Å². The summed E-state index contributed by atoms with van der Waals surface area (Å²) in [4.78, 5) is 1.32. The van der Waals surface area contributed by atoms with Crippen molar-refractivity contribution in [3.8, 4) is 0 Å². The Labute approximate surface area is 138 Å². The summed E-state index contributed by atoms with van der Waals surface area (Å²) in [6.07, 6.45) is 3.18. The van der Waals surface area contributed by atoms with Gasteiger partial charge in [0.25, 0.3) is 0 Å². The van der Waals surface area contributed by atoms with Gasteiger partial charge in [-0.3, -0.25) is 0 Å². The molecular formula is C19H26N2S. The van der Waals surface area contributed by atoms with Crippen LogP contribution >= 0.6 is 11.9 Å². The maximum atomic E-state index is 3.91. The smallest absolute Gasteiger partial charge is 0.0308 e. The van der Waals surface area contributed by atoms with Crippen molar-refractivity contribution in [1.82, 2.24) is 9.62 Å². The van der Waals surface area contributed by atoms with E-state index in [1.54, 1.807) is 0 Å². The molecule has 0 bridgehead atoms. The first-order chi connectivity index (χ1) is 10.7. The number of nitrogens with one attached hydrogen (secondary N) is 1. The zero-order chi connectivity index (χ0) is 15.8. The predicted molar refractivity (Wildman–Crippen MR) is 99.3 cm³/mol. The maximum Gasteiger partial charge on any atom is 0.0308 e. The van der Waals surface area contributed by atoms with Gasteiger partial charge in [0.2, 0.25) is 0 Å². The van der Waals surface area contributed by atoms with Gasteiger partial charge in [0.15, 0.2) is 0 Å². The molecule has 2 nitrogen and oxygen atoms in total. The molecule has 0 saturated heterocycles. The van der Waals surface area contributed by atoms with Gasteiger partial charge in [0.05, 0.1) is 0 Å². The van der Waals surface area contributed by atoms with Gasteiger partial charge in [-0.1, -0.05) is 49.4 Å². The Morgan fingerprint density at radius 3 is 2.77 bits per heavy atom. The van der Waals surface area contributed by atoms with Gasteiger partial charge in [-0.05, 0) is 54.7 Å². The molecule has 2 rings (SSSR count). The van der Waals surface area contributed by atoms with Crippen LogP contribution in [0.4, 0.5) is 0 Å². The van der Waals surface area contributed by atoms with Crippen molar-refractivity contribution in [2.75, 3.05) is 26.7 Å². The van der Waals surface area contributed by atoms with Crippen molar-refractivity contribution in [1.29, 1.82) is 0 Å². The molecule has 0 spiro atoms. The third-order valence-electron chi connectivity index (χ3n) is 3.71. The summed E-state index contributed by atoms with van der Waals surface area (Å²) in [6, 6.07) is 15.1. The molecule has 3 heteroatoms. The molecule has 0 aliphatic carbocycles. The molecule has 118 valence electrons. The number of hydrogen-bond acceptors (Lipinski definition) is 3. The number of rotatable bonds is 9. The third-order valence-corrected chi connectivity index (χ3v) is 4.82. The van der Waals surface area contributed by atoms with Crippen LogP contribution in [0, 0.1) is 5.92 Å². The molecule has 0 aromatic heterocycles. The first-order valence-corrected chi connectivity index (χ1v) is 8.68. The molecule has 0 amide bonds. The van der Waals surface area contributed by atoms with Crippen LogP contribution in [0.1, 0.15) is 13.3 Å². The fourth-order valence-corrected chi connectivity index (χ4v) is 3.75. The topological polar surface area (TPSA) is 15.3 Å². The van der Waals surface area contributed by atoms with Crippen LogP contribution in [0.15, 0.2) is 60.0 Å². The highest BCUT2D eigenvalue weighted by atomic mass is 32.2. The molecule has 2 aromatic rings. The van der Waals surface area contributed by atoms with Gasteiger partial charge in [0.1, 0.15) is 0 Å². The molecule has 22 heavy (non-hydrogen) atoms. The summed E-state index contributed by atoms with van der Waals surface area (Å²) < 4.78 is 2.41. The average Bonchev–Trinajstić information content (AvgIpc) is 2.53. The number of nitrogens with zero attached hydrogens (tertiary/aromatic N) is 1. The molecule has 0 saturated carbocycles. The van der Waals surface area contributed by atoms with E-state index in [-0.39, 0.29) is 0 Å². The zero-order valence-electron chi connectivity index (χ0n) is 13.6. The predicted octanol–water partition coefficient (Wildman–Crippen LogP) is 4.58. The number of fused-ring (bicyclic) bond motifs is 1. The second kappa shape index (κ2) is 8.99. The van der Waals surface area contributed by atoms with Crippen LogP contribution in [0.2, 0.25) is 0 Å². The monoisotopic (exact) mass is 314 g/mol. The Bertz CT molecular complexity index is 592. The highest BCUT2D eigenvalue weighted by Gasteiger charge is 2.12. The van der Waals surface area contributed by atoms with Gasteiger partial charge in [0, 0.05) is 18.0 Å². The second-order valence-electron chi connectivity index (χ2n) is 5.70. The first-order valence-electron chi connectivity index (χ1n) is 7.90. The van der Waals surface area contributed by atoms with Crippen molar-refractivity contribution >= 4 is 22.7 Å². The average molecular weight is 314 g/mol.